The number of amides is 2. The second kappa shape index (κ2) is 4.72. The van der Waals surface area contributed by atoms with Gasteiger partial charge in [-0.3, -0.25) is 9.59 Å². The Hall–Kier alpha value is -2.20. The van der Waals surface area contributed by atoms with Gasteiger partial charge in [0.05, 0.1) is 0 Å². The molecule has 0 saturated heterocycles. The third-order valence-corrected chi connectivity index (χ3v) is 3.71. The molecule has 1 aliphatic rings. The highest BCUT2D eigenvalue weighted by Crippen LogP contribution is 2.31. The average Bonchev–Trinajstić information content (AvgIpc) is 2.49. The maximum absolute atomic E-state index is 12.6. The number of carbonyl (C=O) groups excluding carboxylic acids is 2. The molecule has 1 atom stereocenters. The summed E-state index contributed by atoms with van der Waals surface area (Å²) in [6, 6.07) is 11.0. The molecule has 0 aliphatic carbocycles. The first-order valence-corrected chi connectivity index (χ1v) is 6.61. The zero-order valence-corrected chi connectivity index (χ0v) is 11.4. The highest BCUT2D eigenvalue weighted by atomic mass is 16.5. The standard InChI is InChI=1S/C16H15NO3/c1-3-13(20-2)17-15(18)11-8-4-6-10-7-5-9-12(14(10)11)16(17)19/h4-9,13H,3H2,1-2H3. The number of carbonyl (C=O) groups is 2. The highest BCUT2D eigenvalue weighted by molar-refractivity contribution is 6.25. The predicted molar refractivity (Wildman–Crippen MR) is 75.5 cm³/mol. The molecular weight excluding hydrogens is 254 g/mol. The van der Waals surface area contributed by atoms with E-state index in [4.69, 9.17) is 4.74 Å². The molecule has 2 amide bonds. The molecule has 2 aromatic rings. The van der Waals surface area contributed by atoms with Gasteiger partial charge in [0.15, 0.2) is 0 Å². The van der Waals surface area contributed by atoms with Crippen LogP contribution in [0.2, 0.25) is 0 Å². The van der Waals surface area contributed by atoms with Gasteiger partial charge < -0.3 is 4.74 Å². The molecule has 0 aromatic heterocycles. The molecule has 0 bridgehead atoms. The lowest BCUT2D eigenvalue weighted by molar-refractivity contribution is -0.0146. The maximum Gasteiger partial charge on any atom is 0.263 e. The summed E-state index contributed by atoms with van der Waals surface area (Å²) in [6.07, 6.45) is 0.0326. The van der Waals surface area contributed by atoms with Crippen LogP contribution in [0.5, 0.6) is 0 Å². The second-order valence-electron chi connectivity index (χ2n) is 4.79. The summed E-state index contributed by atoms with van der Waals surface area (Å²) < 4.78 is 5.27. The van der Waals surface area contributed by atoms with Gasteiger partial charge in [-0.2, -0.15) is 0 Å². The zero-order chi connectivity index (χ0) is 14.3. The van der Waals surface area contributed by atoms with Crippen LogP contribution in [0, 0.1) is 0 Å². The third-order valence-electron chi connectivity index (χ3n) is 3.71. The van der Waals surface area contributed by atoms with Crippen molar-refractivity contribution in [1.82, 2.24) is 4.90 Å². The largest absolute Gasteiger partial charge is 0.361 e. The Morgan fingerprint density at radius 3 is 2.05 bits per heavy atom. The fourth-order valence-corrected chi connectivity index (χ4v) is 2.77. The van der Waals surface area contributed by atoms with Gasteiger partial charge in [-0.25, -0.2) is 4.90 Å². The molecule has 0 spiro atoms. The van der Waals surface area contributed by atoms with E-state index in [9.17, 15) is 9.59 Å². The van der Waals surface area contributed by atoms with Gasteiger partial charge in [-0.15, -0.1) is 0 Å². The van der Waals surface area contributed by atoms with Crippen LogP contribution in [0.1, 0.15) is 34.1 Å². The minimum atomic E-state index is -0.529. The van der Waals surface area contributed by atoms with Crippen molar-refractivity contribution in [2.24, 2.45) is 0 Å². The lowest BCUT2D eigenvalue weighted by atomic mass is 9.94. The van der Waals surface area contributed by atoms with E-state index < -0.39 is 6.23 Å². The smallest absolute Gasteiger partial charge is 0.263 e. The molecule has 0 saturated carbocycles. The molecule has 1 heterocycles. The van der Waals surface area contributed by atoms with Crippen molar-refractivity contribution in [1.29, 1.82) is 0 Å². The minimum absolute atomic E-state index is 0.284. The van der Waals surface area contributed by atoms with E-state index in [1.165, 1.54) is 12.0 Å². The summed E-state index contributed by atoms with van der Waals surface area (Å²) in [5.41, 5.74) is 1.13. The summed E-state index contributed by atoms with van der Waals surface area (Å²) in [6.45, 7) is 1.88. The van der Waals surface area contributed by atoms with Crippen LogP contribution in [-0.4, -0.2) is 30.1 Å². The normalized spacial score (nSPS) is 15.8. The van der Waals surface area contributed by atoms with E-state index in [2.05, 4.69) is 0 Å². The van der Waals surface area contributed by atoms with Crippen molar-refractivity contribution in [3.05, 3.63) is 47.5 Å². The van der Waals surface area contributed by atoms with Crippen molar-refractivity contribution in [3.8, 4) is 0 Å². The first kappa shape index (κ1) is 12.8. The quantitative estimate of drug-likeness (QED) is 0.805. The van der Waals surface area contributed by atoms with Gasteiger partial charge in [0.25, 0.3) is 11.8 Å². The number of hydrogen-bond donors (Lipinski definition) is 0. The molecule has 1 unspecified atom stereocenters. The zero-order valence-electron chi connectivity index (χ0n) is 11.4. The van der Waals surface area contributed by atoms with Gasteiger partial charge in [0, 0.05) is 23.6 Å². The van der Waals surface area contributed by atoms with Crippen LogP contribution in [-0.2, 0) is 4.74 Å². The Morgan fingerprint density at radius 2 is 1.60 bits per heavy atom. The molecule has 0 fully saturated rings. The Morgan fingerprint density at radius 1 is 1.05 bits per heavy atom. The van der Waals surface area contributed by atoms with E-state index in [-0.39, 0.29) is 11.8 Å². The van der Waals surface area contributed by atoms with Gasteiger partial charge in [0.2, 0.25) is 0 Å². The number of benzene rings is 2. The SMILES string of the molecule is CCC(OC)N1C(=O)c2cccc3cccc(c23)C1=O. The molecule has 4 heteroatoms. The Balaban J connectivity index is 2.26. The summed E-state index contributed by atoms with van der Waals surface area (Å²) >= 11 is 0. The van der Waals surface area contributed by atoms with Crippen molar-refractivity contribution in [2.75, 3.05) is 7.11 Å². The molecule has 102 valence electrons. The average molecular weight is 269 g/mol. The van der Waals surface area contributed by atoms with E-state index in [0.717, 1.165) is 10.8 Å². The lowest BCUT2D eigenvalue weighted by Gasteiger charge is -2.32. The van der Waals surface area contributed by atoms with E-state index >= 15 is 0 Å². The van der Waals surface area contributed by atoms with Crippen molar-refractivity contribution in [2.45, 2.75) is 19.6 Å². The van der Waals surface area contributed by atoms with Crippen LogP contribution in [0.4, 0.5) is 0 Å². The highest BCUT2D eigenvalue weighted by Gasteiger charge is 2.36. The predicted octanol–water partition coefficient (Wildman–Crippen LogP) is 2.82. The maximum atomic E-state index is 12.6. The van der Waals surface area contributed by atoms with Gasteiger partial charge in [0.1, 0.15) is 6.23 Å². The number of ether oxygens (including phenoxy) is 1. The van der Waals surface area contributed by atoms with Crippen molar-refractivity contribution >= 4 is 22.6 Å². The van der Waals surface area contributed by atoms with Gasteiger partial charge in [-0.1, -0.05) is 31.2 Å². The van der Waals surface area contributed by atoms with Crippen LogP contribution in [0.25, 0.3) is 10.8 Å². The fraction of sp³-hybridized carbons (Fsp3) is 0.250. The Labute approximate surface area is 116 Å². The molecule has 0 radical (unpaired) electrons. The van der Waals surface area contributed by atoms with Crippen LogP contribution >= 0.6 is 0 Å². The fourth-order valence-electron chi connectivity index (χ4n) is 2.77. The molecular formula is C16H15NO3. The Kier molecular flexibility index (Phi) is 3.03. The molecule has 4 nitrogen and oxygen atoms in total. The van der Waals surface area contributed by atoms with E-state index in [1.54, 1.807) is 12.1 Å². The number of hydrogen-bond acceptors (Lipinski definition) is 3. The molecule has 1 aliphatic heterocycles. The number of rotatable bonds is 3. The summed E-state index contributed by atoms with van der Waals surface area (Å²) in [4.78, 5) is 26.4. The van der Waals surface area contributed by atoms with Crippen molar-refractivity contribution < 1.29 is 14.3 Å². The Bertz CT molecular complexity index is 653. The third kappa shape index (κ3) is 1.65. The van der Waals surface area contributed by atoms with Crippen molar-refractivity contribution in [3.63, 3.8) is 0 Å². The first-order chi connectivity index (χ1) is 9.69. The minimum Gasteiger partial charge on any atom is -0.361 e. The molecule has 20 heavy (non-hydrogen) atoms. The number of methoxy groups -OCH3 is 1. The summed E-state index contributed by atoms with van der Waals surface area (Å²) in [7, 11) is 1.51. The van der Waals surface area contributed by atoms with E-state index in [1.807, 2.05) is 31.2 Å². The van der Waals surface area contributed by atoms with Crippen LogP contribution in [0.15, 0.2) is 36.4 Å². The monoisotopic (exact) mass is 269 g/mol. The second-order valence-corrected chi connectivity index (χ2v) is 4.79. The van der Waals surface area contributed by atoms with Crippen LogP contribution < -0.4 is 0 Å². The van der Waals surface area contributed by atoms with Crippen LogP contribution in [0.3, 0.4) is 0 Å². The van der Waals surface area contributed by atoms with E-state index in [0.29, 0.717) is 17.5 Å². The number of imide groups is 1. The molecule has 2 aromatic carbocycles. The van der Waals surface area contributed by atoms with Gasteiger partial charge in [-0.05, 0) is 23.9 Å². The molecule has 3 rings (SSSR count). The first-order valence-electron chi connectivity index (χ1n) is 6.61. The topological polar surface area (TPSA) is 46.6 Å². The molecule has 0 N–H and O–H groups in total. The number of nitrogens with zero attached hydrogens (tertiary/aromatic N) is 1. The van der Waals surface area contributed by atoms with Gasteiger partial charge >= 0.3 is 0 Å². The summed E-state index contributed by atoms with van der Waals surface area (Å²) in [5, 5.41) is 1.65. The summed E-state index contributed by atoms with van der Waals surface area (Å²) in [5.74, 6) is -0.569. The lowest BCUT2D eigenvalue weighted by Crippen LogP contribution is -2.47.